The lowest BCUT2D eigenvalue weighted by atomic mass is 10.0. The summed E-state index contributed by atoms with van der Waals surface area (Å²) < 4.78 is 5.44. The molecule has 3 heteroatoms. The van der Waals surface area contributed by atoms with E-state index in [0.717, 1.165) is 18.5 Å². The van der Waals surface area contributed by atoms with E-state index in [1.807, 2.05) is 24.3 Å². The van der Waals surface area contributed by atoms with Crippen molar-refractivity contribution < 1.29 is 9.53 Å². The molecule has 1 N–H and O–H groups in total. The van der Waals surface area contributed by atoms with Gasteiger partial charge >= 0.3 is 0 Å². The third kappa shape index (κ3) is 2.49. The number of rotatable bonds is 3. The number of nitrogens with one attached hydrogen (secondary N) is 1. The van der Waals surface area contributed by atoms with Crippen LogP contribution in [-0.2, 0) is 11.2 Å². The molecule has 3 nitrogen and oxygen atoms in total. The predicted octanol–water partition coefficient (Wildman–Crippen LogP) is 1.42. The van der Waals surface area contributed by atoms with Gasteiger partial charge < -0.3 is 10.1 Å². The van der Waals surface area contributed by atoms with Crippen LogP contribution in [-0.4, -0.2) is 31.6 Å². The highest BCUT2D eigenvalue weighted by atomic mass is 16.5. The number of ether oxygens (including phenoxy) is 1. The van der Waals surface area contributed by atoms with Gasteiger partial charge in [0.1, 0.15) is 6.10 Å². The van der Waals surface area contributed by atoms with Gasteiger partial charge in [0.2, 0.25) is 0 Å². The molecule has 0 aliphatic carbocycles. The zero-order chi connectivity index (χ0) is 11.4. The summed E-state index contributed by atoms with van der Waals surface area (Å²) in [5.74, 6) is 0.0786. The maximum Gasteiger partial charge on any atom is 0.192 e. The van der Waals surface area contributed by atoms with Gasteiger partial charge in [-0.1, -0.05) is 31.2 Å². The highest BCUT2D eigenvalue weighted by Gasteiger charge is 2.22. The molecule has 0 amide bonds. The Bertz CT molecular complexity index is 353. The zero-order valence-electron chi connectivity index (χ0n) is 9.53. The minimum atomic E-state index is -0.318. The molecule has 1 aliphatic heterocycles. The van der Waals surface area contributed by atoms with Crippen LogP contribution in [0, 0.1) is 0 Å². The summed E-state index contributed by atoms with van der Waals surface area (Å²) in [5.41, 5.74) is 1.99. The Morgan fingerprint density at radius 2 is 2.19 bits per heavy atom. The second-order valence-corrected chi connectivity index (χ2v) is 3.98. The molecular formula is C13H17NO2. The topological polar surface area (TPSA) is 38.3 Å². The largest absolute Gasteiger partial charge is 0.367 e. The number of carbonyl (C=O) groups is 1. The fraction of sp³-hybridized carbons (Fsp3) is 0.462. The van der Waals surface area contributed by atoms with Crippen molar-refractivity contribution in [2.24, 2.45) is 0 Å². The van der Waals surface area contributed by atoms with Crippen molar-refractivity contribution in [3.05, 3.63) is 35.4 Å². The number of Topliss-reactive ketones (excluding diaryl/α,β-unsaturated/α-hetero) is 1. The van der Waals surface area contributed by atoms with Crippen LogP contribution in [0.15, 0.2) is 24.3 Å². The van der Waals surface area contributed by atoms with Crippen LogP contribution < -0.4 is 5.32 Å². The Hall–Kier alpha value is -1.19. The van der Waals surface area contributed by atoms with Crippen molar-refractivity contribution in [2.45, 2.75) is 19.4 Å². The summed E-state index contributed by atoms with van der Waals surface area (Å²) in [6.45, 7) is 4.17. The lowest BCUT2D eigenvalue weighted by Gasteiger charge is -2.22. The van der Waals surface area contributed by atoms with Gasteiger partial charge in [-0.3, -0.25) is 4.79 Å². The molecule has 1 atom stereocenters. The van der Waals surface area contributed by atoms with E-state index in [-0.39, 0.29) is 11.9 Å². The van der Waals surface area contributed by atoms with Crippen LogP contribution in [0.1, 0.15) is 22.8 Å². The van der Waals surface area contributed by atoms with E-state index < -0.39 is 0 Å². The monoisotopic (exact) mass is 219 g/mol. The molecule has 1 aliphatic rings. The van der Waals surface area contributed by atoms with E-state index in [9.17, 15) is 4.79 Å². The first-order valence-electron chi connectivity index (χ1n) is 5.76. The van der Waals surface area contributed by atoms with Crippen molar-refractivity contribution in [1.29, 1.82) is 0 Å². The van der Waals surface area contributed by atoms with E-state index in [2.05, 4.69) is 12.2 Å². The van der Waals surface area contributed by atoms with Crippen LogP contribution in [0.2, 0.25) is 0 Å². The standard InChI is InChI=1S/C13H17NO2/c1-2-10-3-5-11(6-4-10)13(15)12-9-14-7-8-16-12/h3-6,12,14H,2,7-9H2,1H3. The Morgan fingerprint density at radius 1 is 1.44 bits per heavy atom. The molecule has 1 aromatic rings. The summed E-state index contributed by atoms with van der Waals surface area (Å²) in [7, 11) is 0. The van der Waals surface area contributed by atoms with Gasteiger partial charge in [-0.15, -0.1) is 0 Å². The fourth-order valence-electron chi connectivity index (χ4n) is 1.82. The first-order valence-corrected chi connectivity index (χ1v) is 5.76. The van der Waals surface area contributed by atoms with Gasteiger partial charge in [0.05, 0.1) is 6.61 Å². The normalized spacial score (nSPS) is 20.7. The number of morpholine rings is 1. The molecule has 1 unspecified atom stereocenters. The number of ketones is 1. The fourth-order valence-corrected chi connectivity index (χ4v) is 1.82. The highest BCUT2D eigenvalue weighted by molar-refractivity contribution is 5.99. The van der Waals surface area contributed by atoms with Crippen molar-refractivity contribution in [3.8, 4) is 0 Å². The van der Waals surface area contributed by atoms with Gasteiger partial charge in [0, 0.05) is 18.7 Å². The molecular weight excluding hydrogens is 202 g/mol. The maximum absolute atomic E-state index is 12.0. The van der Waals surface area contributed by atoms with E-state index in [1.54, 1.807) is 0 Å². The molecule has 1 heterocycles. The van der Waals surface area contributed by atoms with Gasteiger partial charge in [-0.05, 0) is 12.0 Å². The summed E-state index contributed by atoms with van der Waals surface area (Å²) in [4.78, 5) is 12.0. The molecule has 86 valence electrons. The number of benzene rings is 1. The van der Waals surface area contributed by atoms with Crippen molar-refractivity contribution in [2.75, 3.05) is 19.7 Å². The first-order chi connectivity index (χ1) is 7.81. The van der Waals surface area contributed by atoms with Crippen LogP contribution in [0.25, 0.3) is 0 Å². The summed E-state index contributed by atoms with van der Waals surface area (Å²) in [5, 5.41) is 3.16. The number of carbonyl (C=O) groups excluding carboxylic acids is 1. The number of hydrogen-bond donors (Lipinski definition) is 1. The highest BCUT2D eigenvalue weighted by Crippen LogP contribution is 2.10. The van der Waals surface area contributed by atoms with Gasteiger partial charge in [-0.2, -0.15) is 0 Å². The van der Waals surface area contributed by atoms with E-state index in [1.165, 1.54) is 5.56 Å². The molecule has 16 heavy (non-hydrogen) atoms. The quantitative estimate of drug-likeness (QED) is 0.781. The lowest BCUT2D eigenvalue weighted by Crippen LogP contribution is -2.43. The van der Waals surface area contributed by atoms with Crippen LogP contribution in [0.4, 0.5) is 0 Å². The van der Waals surface area contributed by atoms with Crippen LogP contribution in [0.5, 0.6) is 0 Å². The minimum absolute atomic E-state index is 0.0786. The Morgan fingerprint density at radius 3 is 2.75 bits per heavy atom. The van der Waals surface area contributed by atoms with E-state index >= 15 is 0 Å². The molecule has 0 saturated carbocycles. The van der Waals surface area contributed by atoms with Crippen LogP contribution in [0.3, 0.4) is 0 Å². The summed E-state index contributed by atoms with van der Waals surface area (Å²) in [6.07, 6.45) is 0.678. The van der Waals surface area contributed by atoms with Gasteiger partial charge in [0.25, 0.3) is 0 Å². The maximum atomic E-state index is 12.0. The Kier molecular flexibility index (Phi) is 3.70. The van der Waals surface area contributed by atoms with Crippen molar-refractivity contribution >= 4 is 5.78 Å². The van der Waals surface area contributed by atoms with E-state index in [0.29, 0.717) is 13.2 Å². The average Bonchev–Trinajstić information content (AvgIpc) is 2.39. The third-order valence-electron chi connectivity index (χ3n) is 2.87. The van der Waals surface area contributed by atoms with E-state index in [4.69, 9.17) is 4.74 Å². The second-order valence-electron chi connectivity index (χ2n) is 3.98. The Labute approximate surface area is 95.8 Å². The summed E-state index contributed by atoms with van der Waals surface area (Å²) >= 11 is 0. The lowest BCUT2D eigenvalue weighted by molar-refractivity contribution is 0.0269. The smallest absolute Gasteiger partial charge is 0.192 e. The molecule has 2 rings (SSSR count). The zero-order valence-corrected chi connectivity index (χ0v) is 9.53. The predicted molar refractivity (Wildman–Crippen MR) is 62.8 cm³/mol. The molecule has 0 spiro atoms. The Balaban J connectivity index is 2.07. The summed E-state index contributed by atoms with van der Waals surface area (Å²) in [6, 6.07) is 7.78. The SMILES string of the molecule is CCc1ccc(C(=O)C2CNCCO2)cc1. The van der Waals surface area contributed by atoms with Crippen LogP contribution >= 0.6 is 0 Å². The molecule has 1 aromatic carbocycles. The number of hydrogen-bond acceptors (Lipinski definition) is 3. The average molecular weight is 219 g/mol. The molecule has 1 fully saturated rings. The van der Waals surface area contributed by atoms with Crippen molar-refractivity contribution in [3.63, 3.8) is 0 Å². The minimum Gasteiger partial charge on any atom is -0.367 e. The van der Waals surface area contributed by atoms with Gasteiger partial charge in [0.15, 0.2) is 5.78 Å². The molecule has 0 radical (unpaired) electrons. The second kappa shape index (κ2) is 5.23. The van der Waals surface area contributed by atoms with Crippen molar-refractivity contribution in [1.82, 2.24) is 5.32 Å². The molecule has 1 saturated heterocycles. The van der Waals surface area contributed by atoms with Gasteiger partial charge in [-0.25, -0.2) is 0 Å². The number of aryl methyl sites for hydroxylation is 1. The first kappa shape index (κ1) is 11.3. The third-order valence-corrected chi connectivity index (χ3v) is 2.87. The molecule has 0 bridgehead atoms. The molecule has 0 aromatic heterocycles.